The van der Waals surface area contributed by atoms with Gasteiger partial charge in [-0.3, -0.25) is 19.6 Å². The second kappa shape index (κ2) is 8.39. The summed E-state index contributed by atoms with van der Waals surface area (Å²) in [7, 11) is 1.83. The Balaban J connectivity index is 1.57. The maximum atomic E-state index is 13.6. The van der Waals surface area contributed by atoms with Gasteiger partial charge in [0.2, 0.25) is 6.41 Å². The zero-order valence-electron chi connectivity index (χ0n) is 16.7. The Morgan fingerprint density at radius 2 is 2.00 bits per heavy atom. The molecule has 1 atom stereocenters. The highest BCUT2D eigenvalue weighted by Crippen LogP contribution is 2.27. The number of benzene rings is 2. The molecule has 8 nitrogen and oxygen atoms in total. The fourth-order valence-corrected chi connectivity index (χ4v) is 3.67. The molecule has 0 saturated heterocycles. The summed E-state index contributed by atoms with van der Waals surface area (Å²) < 4.78 is 15.3. The summed E-state index contributed by atoms with van der Waals surface area (Å²) in [6, 6.07) is 10.4. The van der Waals surface area contributed by atoms with Crippen LogP contribution in [-0.2, 0) is 18.4 Å². The Kier molecular flexibility index (Phi) is 5.48. The lowest BCUT2D eigenvalue weighted by molar-refractivity contribution is -0.108. The van der Waals surface area contributed by atoms with Crippen LogP contribution in [0.3, 0.4) is 0 Å². The molecule has 4 rings (SSSR count). The van der Waals surface area contributed by atoms with Crippen molar-refractivity contribution in [3.8, 4) is 11.1 Å². The van der Waals surface area contributed by atoms with Gasteiger partial charge in [0, 0.05) is 37.5 Å². The molecule has 2 N–H and O–H groups in total. The summed E-state index contributed by atoms with van der Waals surface area (Å²) >= 11 is 0. The number of aryl methyl sites for hydroxylation is 1. The molecule has 0 fully saturated rings. The van der Waals surface area contributed by atoms with Crippen LogP contribution in [-0.4, -0.2) is 39.6 Å². The molecule has 2 heterocycles. The van der Waals surface area contributed by atoms with Gasteiger partial charge in [0.15, 0.2) is 0 Å². The van der Waals surface area contributed by atoms with Crippen LogP contribution in [0.1, 0.15) is 27.5 Å². The molecule has 0 spiro atoms. The van der Waals surface area contributed by atoms with E-state index in [9.17, 15) is 18.8 Å². The molecule has 2 aromatic carbocycles. The Morgan fingerprint density at radius 3 is 2.68 bits per heavy atom. The average molecular weight is 421 g/mol. The molecular formula is C22H20FN5O3. The number of fused-ring (bicyclic) bond motifs is 1. The summed E-state index contributed by atoms with van der Waals surface area (Å²) in [5.74, 6) is -0.774. The Labute approximate surface area is 177 Å². The first-order valence-electron chi connectivity index (χ1n) is 9.62. The van der Waals surface area contributed by atoms with Crippen molar-refractivity contribution >= 4 is 18.3 Å². The van der Waals surface area contributed by atoms with Crippen LogP contribution in [0.15, 0.2) is 54.9 Å². The van der Waals surface area contributed by atoms with Crippen molar-refractivity contribution in [2.45, 2.75) is 12.6 Å². The van der Waals surface area contributed by atoms with Crippen LogP contribution in [0.4, 0.5) is 9.18 Å². The molecule has 1 aromatic heterocycles. The number of nitrogens with one attached hydrogen (secondary N) is 2. The number of carbonyl (C=O) groups is 3. The highest BCUT2D eigenvalue weighted by molar-refractivity contribution is 5.98. The third kappa shape index (κ3) is 4.30. The van der Waals surface area contributed by atoms with Crippen LogP contribution in [0.5, 0.6) is 0 Å². The average Bonchev–Trinajstić information content (AvgIpc) is 3.32. The molecule has 0 aliphatic carbocycles. The number of rotatable bonds is 6. The van der Waals surface area contributed by atoms with E-state index in [1.807, 2.05) is 37.5 Å². The van der Waals surface area contributed by atoms with Crippen LogP contribution in [0, 0.1) is 5.82 Å². The van der Waals surface area contributed by atoms with Gasteiger partial charge >= 0.3 is 6.03 Å². The first-order valence-corrected chi connectivity index (χ1v) is 9.62. The van der Waals surface area contributed by atoms with Gasteiger partial charge in [-0.15, -0.1) is 0 Å². The van der Waals surface area contributed by atoms with E-state index in [2.05, 4.69) is 15.7 Å². The monoisotopic (exact) mass is 421 g/mol. The van der Waals surface area contributed by atoms with E-state index in [4.69, 9.17) is 0 Å². The summed E-state index contributed by atoms with van der Waals surface area (Å²) in [6.45, 7) is 0.476. The second-order valence-corrected chi connectivity index (χ2v) is 7.30. The minimum absolute atomic E-state index is 0.160. The van der Waals surface area contributed by atoms with E-state index < -0.39 is 17.9 Å². The molecule has 1 aliphatic rings. The molecular weight excluding hydrogens is 401 g/mol. The molecule has 158 valence electrons. The van der Waals surface area contributed by atoms with Crippen molar-refractivity contribution in [1.82, 2.24) is 25.3 Å². The first-order chi connectivity index (χ1) is 14.9. The van der Waals surface area contributed by atoms with E-state index in [1.54, 1.807) is 21.8 Å². The van der Waals surface area contributed by atoms with Crippen molar-refractivity contribution in [3.63, 3.8) is 0 Å². The van der Waals surface area contributed by atoms with Gasteiger partial charge in [-0.2, -0.15) is 5.10 Å². The maximum Gasteiger partial charge on any atom is 0.321 e. The lowest BCUT2D eigenvalue weighted by Gasteiger charge is -2.25. The smallest absolute Gasteiger partial charge is 0.321 e. The highest BCUT2D eigenvalue weighted by atomic mass is 19.1. The number of imide groups is 1. The lowest BCUT2D eigenvalue weighted by atomic mass is 10.0. The third-order valence-corrected chi connectivity index (χ3v) is 5.20. The third-order valence-electron chi connectivity index (χ3n) is 5.20. The summed E-state index contributed by atoms with van der Waals surface area (Å²) in [5, 5.41) is 8.93. The molecule has 0 unspecified atom stereocenters. The van der Waals surface area contributed by atoms with Crippen molar-refractivity contribution in [1.29, 1.82) is 0 Å². The zero-order valence-corrected chi connectivity index (χ0v) is 16.7. The molecule has 0 radical (unpaired) electrons. The van der Waals surface area contributed by atoms with Crippen LogP contribution in [0.25, 0.3) is 11.1 Å². The van der Waals surface area contributed by atoms with E-state index in [0.717, 1.165) is 22.3 Å². The van der Waals surface area contributed by atoms with Crippen molar-refractivity contribution in [2.75, 3.05) is 6.54 Å². The molecule has 4 amide bonds. The first kappa shape index (κ1) is 20.3. The van der Waals surface area contributed by atoms with E-state index >= 15 is 0 Å². The molecule has 31 heavy (non-hydrogen) atoms. The predicted molar refractivity (Wildman–Crippen MR) is 110 cm³/mol. The number of hydrogen-bond donors (Lipinski definition) is 2. The quantitative estimate of drug-likeness (QED) is 0.598. The molecule has 9 heteroatoms. The SMILES string of the molecule is Cn1cc(-c2ccc([C@H](CN3Cc4ccc(F)cc4C3=O)NC(=O)NC=O)cc2)cn1. The van der Waals surface area contributed by atoms with Gasteiger partial charge in [0.25, 0.3) is 5.91 Å². The standard InChI is InChI=1S/C22H20FN5O3/c1-27-10-17(9-25-27)14-2-4-15(5-3-14)20(26-22(31)24-13-29)12-28-11-16-6-7-18(23)8-19(16)21(28)30/h2-10,13,20H,11-12H2,1H3,(H2,24,26,29,31)/t20-/m0/s1. The van der Waals surface area contributed by atoms with Crippen LogP contribution >= 0.6 is 0 Å². The minimum Gasteiger partial charge on any atom is -0.332 e. The maximum absolute atomic E-state index is 13.6. The fraction of sp³-hybridized carbons (Fsp3) is 0.182. The highest BCUT2D eigenvalue weighted by Gasteiger charge is 2.30. The number of halogens is 1. The summed E-state index contributed by atoms with van der Waals surface area (Å²) in [5.41, 5.74) is 3.71. The number of hydrogen-bond acceptors (Lipinski definition) is 4. The van der Waals surface area contributed by atoms with Gasteiger partial charge in [-0.1, -0.05) is 30.3 Å². The zero-order chi connectivity index (χ0) is 22.0. The van der Waals surface area contributed by atoms with Gasteiger partial charge in [-0.25, -0.2) is 9.18 Å². The summed E-state index contributed by atoms with van der Waals surface area (Å²) in [6.07, 6.45) is 3.93. The van der Waals surface area contributed by atoms with Gasteiger partial charge < -0.3 is 10.2 Å². The number of amides is 4. The van der Waals surface area contributed by atoms with Gasteiger partial charge in [0.1, 0.15) is 5.82 Å². The predicted octanol–water partition coefficient (Wildman–Crippen LogP) is 2.38. The Bertz CT molecular complexity index is 1140. The van der Waals surface area contributed by atoms with E-state index in [-0.39, 0.29) is 18.9 Å². The number of carbonyl (C=O) groups excluding carboxylic acids is 3. The molecule has 3 aromatic rings. The van der Waals surface area contributed by atoms with Crippen molar-refractivity contribution in [3.05, 3.63) is 77.4 Å². The minimum atomic E-state index is -0.674. The number of urea groups is 1. The number of nitrogens with zero attached hydrogens (tertiary/aromatic N) is 3. The Morgan fingerprint density at radius 1 is 1.23 bits per heavy atom. The molecule has 0 bridgehead atoms. The molecule has 1 aliphatic heterocycles. The van der Waals surface area contributed by atoms with Crippen LogP contribution in [0.2, 0.25) is 0 Å². The van der Waals surface area contributed by atoms with Crippen molar-refractivity contribution in [2.24, 2.45) is 7.05 Å². The topological polar surface area (TPSA) is 96.3 Å². The van der Waals surface area contributed by atoms with Gasteiger partial charge in [-0.05, 0) is 28.8 Å². The van der Waals surface area contributed by atoms with Crippen molar-refractivity contribution < 1.29 is 18.8 Å². The van der Waals surface area contributed by atoms with E-state index in [0.29, 0.717) is 12.1 Å². The van der Waals surface area contributed by atoms with E-state index in [1.165, 1.54) is 12.1 Å². The molecule has 0 saturated carbocycles. The Hall–Kier alpha value is -4.01. The largest absolute Gasteiger partial charge is 0.332 e. The van der Waals surface area contributed by atoms with Crippen LogP contribution < -0.4 is 10.6 Å². The number of aromatic nitrogens is 2. The lowest BCUT2D eigenvalue weighted by Crippen LogP contribution is -2.42. The second-order valence-electron chi connectivity index (χ2n) is 7.30. The summed E-state index contributed by atoms with van der Waals surface area (Å²) in [4.78, 5) is 36.9. The van der Waals surface area contributed by atoms with Gasteiger partial charge in [0.05, 0.1) is 12.2 Å². The normalized spacial score (nSPS) is 13.6. The fourth-order valence-electron chi connectivity index (χ4n) is 3.67.